The van der Waals surface area contributed by atoms with Gasteiger partial charge in [0.25, 0.3) is 10.1 Å². The molecule has 3 rings (SSSR count). The molecule has 2 aliphatic rings. The van der Waals surface area contributed by atoms with Gasteiger partial charge in [0.1, 0.15) is 23.7 Å². The van der Waals surface area contributed by atoms with E-state index >= 15 is 0 Å². The van der Waals surface area contributed by atoms with E-state index in [1.807, 2.05) is 13.8 Å². The smallest absolute Gasteiger partial charge is 0.419 e. The van der Waals surface area contributed by atoms with Crippen molar-refractivity contribution in [1.29, 1.82) is 0 Å². The van der Waals surface area contributed by atoms with Gasteiger partial charge in [0.15, 0.2) is 0 Å². The lowest BCUT2D eigenvalue weighted by Crippen LogP contribution is -2.50. The SMILES string of the molecule is CC(C)C1(Oc2cc(C(=O)OCCS(=O)(=O)O)ccc2C(F)(F)F)CC2CCC1O2. The molecule has 2 saturated heterocycles. The molecule has 2 bridgehead atoms. The second-order valence-corrected chi connectivity index (χ2v) is 9.44. The van der Waals surface area contributed by atoms with E-state index < -0.39 is 51.5 Å². The van der Waals surface area contributed by atoms with Crippen LogP contribution >= 0.6 is 0 Å². The van der Waals surface area contributed by atoms with Crippen molar-refractivity contribution in [3.8, 4) is 5.75 Å². The van der Waals surface area contributed by atoms with E-state index in [1.165, 1.54) is 0 Å². The summed E-state index contributed by atoms with van der Waals surface area (Å²) >= 11 is 0. The molecule has 2 fully saturated rings. The number of hydrogen-bond acceptors (Lipinski definition) is 6. The lowest BCUT2D eigenvalue weighted by Gasteiger charge is -2.40. The summed E-state index contributed by atoms with van der Waals surface area (Å²) in [5.74, 6) is -2.49. The number of esters is 1. The van der Waals surface area contributed by atoms with Gasteiger partial charge < -0.3 is 14.2 Å². The van der Waals surface area contributed by atoms with Crippen LogP contribution in [-0.2, 0) is 25.8 Å². The largest absolute Gasteiger partial charge is 0.484 e. The molecule has 168 valence electrons. The first-order valence-electron chi connectivity index (χ1n) is 9.50. The second-order valence-electron chi connectivity index (χ2n) is 7.87. The molecule has 1 aromatic rings. The quantitative estimate of drug-likeness (QED) is 0.500. The Labute approximate surface area is 172 Å². The molecule has 0 radical (unpaired) electrons. The summed E-state index contributed by atoms with van der Waals surface area (Å²) in [7, 11) is -4.34. The van der Waals surface area contributed by atoms with Crippen molar-refractivity contribution in [1.82, 2.24) is 0 Å². The molecule has 2 aliphatic heterocycles. The minimum absolute atomic E-state index is 0.0692. The number of hydrogen-bond donors (Lipinski definition) is 1. The van der Waals surface area contributed by atoms with Gasteiger partial charge in [-0.15, -0.1) is 0 Å². The molecule has 1 N–H and O–H groups in total. The summed E-state index contributed by atoms with van der Waals surface area (Å²) in [5, 5.41) is 0. The molecule has 7 nitrogen and oxygen atoms in total. The topological polar surface area (TPSA) is 99.1 Å². The van der Waals surface area contributed by atoms with Gasteiger partial charge in [0, 0.05) is 6.42 Å². The van der Waals surface area contributed by atoms with Crippen molar-refractivity contribution < 1.29 is 45.1 Å². The molecular weight excluding hydrogens is 429 g/mol. The third-order valence-corrected chi connectivity index (χ3v) is 6.26. The Morgan fingerprint density at radius 3 is 2.53 bits per heavy atom. The fourth-order valence-electron chi connectivity index (χ4n) is 4.03. The van der Waals surface area contributed by atoms with Crippen LogP contribution in [0.5, 0.6) is 5.75 Å². The zero-order valence-corrected chi connectivity index (χ0v) is 17.3. The first-order chi connectivity index (χ1) is 13.8. The van der Waals surface area contributed by atoms with Gasteiger partial charge >= 0.3 is 12.1 Å². The van der Waals surface area contributed by atoms with Crippen molar-refractivity contribution >= 4 is 16.1 Å². The van der Waals surface area contributed by atoms with Crippen LogP contribution in [0.1, 0.15) is 49.0 Å². The number of halogens is 3. The van der Waals surface area contributed by atoms with Gasteiger partial charge in [-0.2, -0.15) is 21.6 Å². The zero-order valence-electron chi connectivity index (χ0n) is 16.4. The molecule has 0 amide bonds. The van der Waals surface area contributed by atoms with E-state index in [0.29, 0.717) is 12.8 Å². The van der Waals surface area contributed by atoms with E-state index in [2.05, 4.69) is 0 Å². The Morgan fingerprint density at radius 2 is 2.03 bits per heavy atom. The van der Waals surface area contributed by atoms with Gasteiger partial charge in [-0.1, -0.05) is 13.8 Å². The maximum absolute atomic E-state index is 13.6. The standard InChI is InChI=1S/C19H23F3O7S/c1-11(2)18(10-13-4-6-16(18)28-13)29-15-9-12(3-5-14(15)19(20,21)22)17(23)27-7-8-30(24,25)26/h3,5,9,11,13,16H,4,6-8,10H2,1-2H3,(H,24,25,26). The molecule has 0 aliphatic carbocycles. The number of ether oxygens (including phenoxy) is 3. The van der Waals surface area contributed by atoms with E-state index in [1.54, 1.807) is 0 Å². The van der Waals surface area contributed by atoms with Crippen LogP contribution in [0.3, 0.4) is 0 Å². The second kappa shape index (κ2) is 8.01. The fraction of sp³-hybridized carbons (Fsp3) is 0.632. The summed E-state index contributed by atoms with van der Waals surface area (Å²) in [6.07, 6.45) is -3.15. The van der Waals surface area contributed by atoms with Gasteiger partial charge in [0.05, 0.1) is 23.3 Å². The minimum atomic E-state index is -4.71. The molecule has 1 aromatic carbocycles. The van der Waals surface area contributed by atoms with Gasteiger partial charge in [-0.3, -0.25) is 4.55 Å². The van der Waals surface area contributed by atoms with Crippen LogP contribution in [0.15, 0.2) is 18.2 Å². The van der Waals surface area contributed by atoms with Crippen molar-refractivity contribution in [3.63, 3.8) is 0 Å². The summed E-state index contributed by atoms with van der Waals surface area (Å²) in [4.78, 5) is 12.2. The summed E-state index contributed by atoms with van der Waals surface area (Å²) in [6, 6.07) is 2.62. The monoisotopic (exact) mass is 452 g/mol. The molecular formula is C19H23F3O7S. The number of rotatable bonds is 7. The Balaban J connectivity index is 1.89. The zero-order chi connectivity index (χ0) is 22.3. The highest BCUT2D eigenvalue weighted by atomic mass is 32.2. The van der Waals surface area contributed by atoms with E-state index in [0.717, 1.165) is 24.6 Å². The first-order valence-corrected chi connectivity index (χ1v) is 11.1. The van der Waals surface area contributed by atoms with Crippen LogP contribution in [0.2, 0.25) is 0 Å². The average molecular weight is 452 g/mol. The summed E-state index contributed by atoms with van der Waals surface area (Å²) in [5.41, 5.74) is -2.20. The Kier molecular flexibility index (Phi) is 6.09. The number of fused-ring (bicyclic) bond motifs is 2. The highest BCUT2D eigenvalue weighted by Crippen LogP contribution is 2.49. The lowest BCUT2D eigenvalue weighted by atomic mass is 9.76. The Hall–Kier alpha value is -1.85. The number of carbonyl (C=O) groups excluding carboxylic acids is 1. The maximum atomic E-state index is 13.6. The molecule has 0 saturated carbocycles. The van der Waals surface area contributed by atoms with E-state index in [4.69, 9.17) is 18.8 Å². The van der Waals surface area contributed by atoms with Crippen molar-refractivity contribution in [2.75, 3.05) is 12.4 Å². The Bertz CT molecular complexity index is 913. The number of alkyl halides is 3. The predicted octanol–water partition coefficient (Wildman–Crippen LogP) is 3.47. The third kappa shape index (κ3) is 4.73. The molecule has 3 unspecified atom stereocenters. The first kappa shape index (κ1) is 22.8. The predicted molar refractivity (Wildman–Crippen MR) is 98.9 cm³/mol. The minimum Gasteiger partial charge on any atom is -0.484 e. The van der Waals surface area contributed by atoms with Crippen LogP contribution in [-0.4, -0.2) is 49.1 Å². The number of carbonyl (C=O) groups is 1. The molecule has 0 aromatic heterocycles. The number of benzene rings is 1. The van der Waals surface area contributed by atoms with Crippen LogP contribution < -0.4 is 4.74 Å². The van der Waals surface area contributed by atoms with E-state index in [-0.39, 0.29) is 23.7 Å². The maximum Gasteiger partial charge on any atom is 0.419 e. The van der Waals surface area contributed by atoms with Gasteiger partial charge in [-0.25, -0.2) is 4.79 Å². The van der Waals surface area contributed by atoms with Crippen molar-refractivity contribution in [2.24, 2.45) is 5.92 Å². The highest BCUT2D eigenvalue weighted by molar-refractivity contribution is 7.85. The molecule has 30 heavy (non-hydrogen) atoms. The average Bonchev–Trinajstić information content (AvgIpc) is 3.21. The lowest BCUT2D eigenvalue weighted by molar-refractivity contribution is -0.141. The molecule has 11 heteroatoms. The van der Waals surface area contributed by atoms with Crippen molar-refractivity contribution in [2.45, 2.75) is 57.1 Å². The fourth-order valence-corrected chi connectivity index (χ4v) is 4.32. The third-order valence-electron chi connectivity index (χ3n) is 5.57. The van der Waals surface area contributed by atoms with Crippen LogP contribution in [0.25, 0.3) is 0 Å². The molecule has 0 spiro atoms. The molecule has 3 atom stereocenters. The van der Waals surface area contributed by atoms with E-state index in [9.17, 15) is 26.4 Å². The molecule has 2 heterocycles. The van der Waals surface area contributed by atoms with Gasteiger partial charge in [0.2, 0.25) is 0 Å². The Morgan fingerprint density at radius 1 is 1.33 bits per heavy atom. The highest BCUT2D eigenvalue weighted by Gasteiger charge is 2.56. The normalized spacial score (nSPS) is 26.2. The summed E-state index contributed by atoms with van der Waals surface area (Å²) in [6.45, 7) is 3.07. The van der Waals surface area contributed by atoms with Gasteiger partial charge in [-0.05, 0) is 37.0 Å². The van der Waals surface area contributed by atoms with Crippen molar-refractivity contribution in [3.05, 3.63) is 29.3 Å². The van der Waals surface area contributed by atoms with Crippen LogP contribution in [0, 0.1) is 5.92 Å². The van der Waals surface area contributed by atoms with Crippen LogP contribution in [0.4, 0.5) is 13.2 Å². The summed E-state index contributed by atoms with van der Waals surface area (Å²) < 4.78 is 87.4.